The van der Waals surface area contributed by atoms with E-state index in [1.165, 1.54) is 0 Å². The van der Waals surface area contributed by atoms with E-state index in [0.29, 0.717) is 43.4 Å². The van der Waals surface area contributed by atoms with Crippen LogP contribution < -0.4 is 19.7 Å². The molecule has 0 radical (unpaired) electrons. The Hall–Kier alpha value is -3.18. The molecule has 31 heavy (non-hydrogen) atoms. The van der Waals surface area contributed by atoms with E-state index < -0.39 is 0 Å². The minimum Gasteiger partial charge on any atom is -0.486 e. The fourth-order valence-corrected chi connectivity index (χ4v) is 4.52. The van der Waals surface area contributed by atoms with Crippen molar-refractivity contribution >= 4 is 29.3 Å². The van der Waals surface area contributed by atoms with Crippen molar-refractivity contribution in [1.82, 2.24) is 5.32 Å². The number of nitrogens with one attached hydrogen (secondary N) is 1. The molecule has 0 saturated carbocycles. The van der Waals surface area contributed by atoms with Gasteiger partial charge in [-0.1, -0.05) is 18.2 Å². The van der Waals surface area contributed by atoms with E-state index in [1.54, 1.807) is 28.8 Å². The molecule has 0 aromatic heterocycles. The molecule has 4 rings (SSSR count). The molecule has 1 unspecified atom stereocenters. The molecule has 2 amide bonds. The highest BCUT2D eigenvalue weighted by atomic mass is 32.2. The SMILES string of the molecule is N#Cc1ccccc1CSCCNC(=O)C1CC(=O)N(c2ccc3c(c2)OCCO3)C1. The number of nitrogens with zero attached hydrogens (tertiary/aromatic N) is 2. The van der Waals surface area contributed by atoms with Crippen LogP contribution in [0.4, 0.5) is 5.69 Å². The first-order valence-electron chi connectivity index (χ1n) is 10.2. The van der Waals surface area contributed by atoms with Gasteiger partial charge in [0.2, 0.25) is 11.8 Å². The van der Waals surface area contributed by atoms with Crippen molar-refractivity contribution in [2.45, 2.75) is 12.2 Å². The third kappa shape index (κ3) is 4.94. The molecular weight excluding hydrogens is 414 g/mol. The number of hydrogen-bond donors (Lipinski definition) is 1. The predicted molar refractivity (Wildman–Crippen MR) is 118 cm³/mol. The maximum absolute atomic E-state index is 12.5. The number of carbonyl (C=O) groups is 2. The summed E-state index contributed by atoms with van der Waals surface area (Å²) < 4.78 is 11.1. The maximum atomic E-state index is 12.5. The Balaban J connectivity index is 1.24. The number of rotatable bonds is 7. The Labute approximate surface area is 185 Å². The minimum absolute atomic E-state index is 0.0701. The average molecular weight is 438 g/mol. The highest BCUT2D eigenvalue weighted by Crippen LogP contribution is 2.36. The molecule has 1 N–H and O–H groups in total. The van der Waals surface area contributed by atoms with Crippen molar-refractivity contribution in [3.63, 3.8) is 0 Å². The van der Waals surface area contributed by atoms with Crippen LogP contribution in [0.25, 0.3) is 0 Å². The van der Waals surface area contributed by atoms with Crippen LogP contribution in [0.5, 0.6) is 11.5 Å². The summed E-state index contributed by atoms with van der Waals surface area (Å²) in [6.45, 7) is 1.87. The van der Waals surface area contributed by atoms with Gasteiger partial charge in [-0.3, -0.25) is 9.59 Å². The first-order chi connectivity index (χ1) is 15.2. The Morgan fingerprint density at radius 3 is 2.84 bits per heavy atom. The van der Waals surface area contributed by atoms with Gasteiger partial charge in [0.05, 0.1) is 17.6 Å². The van der Waals surface area contributed by atoms with Gasteiger partial charge in [-0.05, 0) is 23.8 Å². The van der Waals surface area contributed by atoms with Gasteiger partial charge < -0.3 is 19.7 Å². The summed E-state index contributed by atoms with van der Waals surface area (Å²) in [5, 5.41) is 12.1. The lowest BCUT2D eigenvalue weighted by Crippen LogP contribution is -2.34. The van der Waals surface area contributed by atoms with E-state index >= 15 is 0 Å². The Kier molecular flexibility index (Phi) is 6.63. The molecule has 1 atom stereocenters. The first kappa shape index (κ1) is 21.1. The molecule has 1 saturated heterocycles. The van der Waals surface area contributed by atoms with Crippen LogP contribution in [0.15, 0.2) is 42.5 Å². The normalized spacial score (nSPS) is 17.3. The lowest BCUT2D eigenvalue weighted by molar-refractivity contribution is -0.126. The predicted octanol–water partition coefficient (Wildman–Crippen LogP) is 2.73. The average Bonchev–Trinajstić information content (AvgIpc) is 3.20. The van der Waals surface area contributed by atoms with Crippen molar-refractivity contribution in [2.24, 2.45) is 5.92 Å². The Morgan fingerprint density at radius 2 is 2.00 bits per heavy atom. The number of fused-ring (bicyclic) bond motifs is 1. The van der Waals surface area contributed by atoms with Crippen LogP contribution in [0, 0.1) is 17.2 Å². The minimum atomic E-state index is -0.370. The van der Waals surface area contributed by atoms with Gasteiger partial charge in [-0.25, -0.2) is 0 Å². The molecule has 2 aliphatic rings. The number of anilines is 1. The number of hydrogen-bond acceptors (Lipinski definition) is 6. The lowest BCUT2D eigenvalue weighted by atomic mass is 10.1. The Bertz CT molecular complexity index is 1020. The van der Waals surface area contributed by atoms with E-state index in [2.05, 4.69) is 11.4 Å². The molecule has 0 spiro atoms. The zero-order valence-electron chi connectivity index (χ0n) is 17.0. The van der Waals surface area contributed by atoms with Crippen LogP contribution in [0.2, 0.25) is 0 Å². The van der Waals surface area contributed by atoms with E-state index in [9.17, 15) is 9.59 Å². The van der Waals surface area contributed by atoms with Crippen molar-refractivity contribution in [1.29, 1.82) is 5.26 Å². The highest BCUT2D eigenvalue weighted by molar-refractivity contribution is 7.98. The summed E-state index contributed by atoms with van der Waals surface area (Å²) in [5.41, 5.74) is 2.40. The zero-order valence-corrected chi connectivity index (χ0v) is 17.8. The molecule has 2 aromatic rings. The van der Waals surface area contributed by atoms with Crippen molar-refractivity contribution in [3.8, 4) is 17.6 Å². The largest absolute Gasteiger partial charge is 0.486 e. The lowest BCUT2D eigenvalue weighted by Gasteiger charge is -2.22. The summed E-state index contributed by atoms with van der Waals surface area (Å²) in [5.74, 6) is 2.21. The number of nitriles is 1. The van der Waals surface area contributed by atoms with Gasteiger partial charge in [0.1, 0.15) is 13.2 Å². The summed E-state index contributed by atoms with van der Waals surface area (Å²) in [4.78, 5) is 26.7. The second kappa shape index (κ2) is 9.75. The third-order valence-corrected chi connectivity index (χ3v) is 6.28. The van der Waals surface area contributed by atoms with Gasteiger partial charge in [0.25, 0.3) is 0 Å². The van der Waals surface area contributed by atoms with Gasteiger partial charge in [0.15, 0.2) is 11.5 Å². The number of ether oxygens (including phenoxy) is 2. The van der Waals surface area contributed by atoms with E-state index in [0.717, 1.165) is 22.8 Å². The van der Waals surface area contributed by atoms with Crippen molar-refractivity contribution in [2.75, 3.05) is 37.0 Å². The van der Waals surface area contributed by atoms with Gasteiger partial charge >= 0.3 is 0 Å². The monoisotopic (exact) mass is 437 g/mol. The van der Waals surface area contributed by atoms with Crippen LogP contribution in [-0.4, -0.2) is 43.9 Å². The molecule has 2 heterocycles. The molecular formula is C23H23N3O4S. The Morgan fingerprint density at radius 1 is 1.19 bits per heavy atom. The van der Waals surface area contributed by atoms with E-state index in [-0.39, 0.29) is 24.2 Å². The molecule has 7 nitrogen and oxygen atoms in total. The molecule has 2 aromatic carbocycles. The quantitative estimate of drug-likeness (QED) is 0.670. The maximum Gasteiger partial charge on any atom is 0.227 e. The zero-order chi connectivity index (χ0) is 21.6. The van der Waals surface area contributed by atoms with Gasteiger partial charge in [-0.15, -0.1) is 0 Å². The fraction of sp³-hybridized carbons (Fsp3) is 0.348. The summed E-state index contributed by atoms with van der Waals surface area (Å²) in [6, 6.07) is 15.1. The number of amides is 2. The smallest absolute Gasteiger partial charge is 0.227 e. The molecule has 0 bridgehead atoms. The topological polar surface area (TPSA) is 91.7 Å². The highest BCUT2D eigenvalue weighted by Gasteiger charge is 2.35. The third-order valence-electron chi connectivity index (χ3n) is 5.27. The summed E-state index contributed by atoms with van der Waals surface area (Å²) in [6.07, 6.45) is 0.197. The fourth-order valence-electron chi connectivity index (χ4n) is 3.66. The molecule has 0 aliphatic carbocycles. The molecule has 8 heteroatoms. The van der Waals surface area contributed by atoms with Crippen molar-refractivity contribution < 1.29 is 19.1 Å². The number of benzene rings is 2. The van der Waals surface area contributed by atoms with Gasteiger partial charge in [-0.2, -0.15) is 17.0 Å². The van der Waals surface area contributed by atoms with Crippen LogP contribution in [0.3, 0.4) is 0 Å². The standard InChI is InChI=1S/C23H23N3O4S/c24-13-16-3-1-2-4-17(16)15-31-10-7-25-23(28)18-11-22(27)26(14-18)19-5-6-20-21(12-19)30-9-8-29-20/h1-6,12,18H,7-11,14-15H2,(H,25,28). The molecule has 1 fully saturated rings. The second-order valence-electron chi connectivity index (χ2n) is 7.35. The van der Waals surface area contributed by atoms with E-state index in [4.69, 9.17) is 14.7 Å². The van der Waals surface area contributed by atoms with Crippen molar-refractivity contribution in [3.05, 3.63) is 53.6 Å². The van der Waals surface area contributed by atoms with Crippen LogP contribution in [-0.2, 0) is 15.3 Å². The second-order valence-corrected chi connectivity index (χ2v) is 8.45. The van der Waals surface area contributed by atoms with E-state index in [1.807, 2.05) is 30.3 Å². The number of thioether (sulfide) groups is 1. The number of carbonyl (C=O) groups excluding carboxylic acids is 2. The van der Waals surface area contributed by atoms with Crippen LogP contribution in [0.1, 0.15) is 17.5 Å². The molecule has 2 aliphatic heterocycles. The summed E-state index contributed by atoms with van der Waals surface area (Å²) in [7, 11) is 0. The van der Waals surface area contributed by atoms with Crippen LogP contribution >= 0.6 is 11.8 Å². The molecule has 160 valence electrons. The first-order valence-corrected chi connectivity index (χ1v) is 11.3. The van der Waals surface area contributed by atoms with Gasteiger partial charge in [0, 0.05) is 42.8 Å². The summed E-state index contributed by atoms with van der Waals surface area (Å²) >= 11 is 1.66.